The lowest BCUT2D eigenvalue weighted by molar-refractivity contribution is 0.119. The number of nitrogens with zero attached hydrogens (tertiary/aromatic N) is 1. The van der Waals surface area contributed by atoms with Gasteiger partial charge in [0.25, 0.3) is 0 Å². The molecule has 0 aromatic heterocycles. The lowest BCUT2D eigenvalue weighted by Crippen LogP contribution is -2.45. The molecule has 2 aliphatic heterocycles. The molecule has 0 spiro atoms. The zero-order valence-electron chi connectivity index (χ0n) is 12.8. The summed E-state index contributed by atoms with van der Waals surface area (Å²) < 4.78 is 17.8. The van der Waals surface area contributed by atoms with Crippen molar-refractivity contribution in [3.05, 3.63) is 24.1 Å². The van der Waals surface area contributed by atoms with E-state index in [0.717, 1.165) is 57.1 Å². The van der Waals surface area contributed by atoms with Crippen LogP contribution in [0.5, 0.6) is 0 Å². The quantitative estimate of drug-likeness (QED) is 0.730. The monoisotopic (exact) mass is 297 g/mol. The van der Waals surface area contributed by atoms with Gasteiger partial charge in [0.1, 0.15) is 6.61 Å². The van der Waals surface area contributed by atoms with Crippen molar-refractivity contribution in [3.8, 4) is 0 Å². The van der Waals surface area contributed by atoms with Gasteiger partial charge in [0.15, 0.2) is 5.88 Å². The van der Waals surface area contributed by atoms with E-state index in [9.17, 15) is 0 Å². The number of hydrogen-bond acceptors (Lipinski definition) is 4. The van der Waals surface area contributed by atoms with Gasteiger partial charge in [-0.1, -0.05) is 6.08 Å². The molecule has 0 radical (unpaired) electrons. The zero-order chi connectivity index (χ0) is 14.3. The summed E-state index contributed by atoms with van der Waals surface area (Å²) in [6.07, 6.45) is 8.43. The van der Waals surface area contributed by atoms with Crippen LogP contribution in [0.2, 0.25) is 12.1 Å². The molecule has 2 aliphatic rings. The molecule has 4 nitrogen and oxygen atoms in total. The first-order valence-electron chi connectivity index (χ1n) is 7.82. The maximum absolute atomic E-state index is 6.07. The lowest BCUT2D eigenvalue weighted by atomic mass is 10.3. The van der Waals surface area contributed by atoms with Crippen molar-refractivity contribution < 1.29 is 13.6 Å². The molecule has 0 saturated carbocycles. The van der Waals surface area contributed by atoms with Crippen LogP contribution in [0.15, 0.2) is 24.1 Å². The van der Waals surface area contributed by atoms with Crippen LogP contribution in [0, 0.1) is 0 Å². The summed E-state index contributed by atoms with van der Waals surface area (Å²) in [7, 11) is -1.95. The fourth-order valence-corrected chi connectivity index (χ4v) is 6.33. The number of rotatable bonds is 5. The highest BCUT2D eigenvalue weighted by Gasteiger charge is 2.37. The summed E-state index contributed by atoms with van der Waals surface area (Å²) in [5.41, 5.74) is 0. The average Bonchev–Trinajstić information content (AvgIpc) is 2.44. The normalized spacial score (nSPS) is 22.7. The Labute approximate surface area is 123 Å². The predicted molar refractivity (Wildman–Crippen MR) is 82.6 cm³/mol. The second-order valence-corrected chi connectivity index (χ2v) is 8.61. The van der Waals surface area contributed by atoms with Crippen LogP contribution < -0.4 is 0 Å². The summed E-state index contributed by atoms with van der Waals surface area (Å²) in [5, 5.41) is 0. The van der Waals surface area contributed by atoms with Crippen molar-refractivity contribution >= 4 is 8.56 Å². The molecular weight excluding hydrogens is 270 g/mol. The molecule has 0 amide bonds. The third kappa shape index (κ3) is 4.10. The van der Waals surface area contributed by atoms with Crippen LogP contribution >= 0.6 is 0 Å². The van der Waals surface area contributed by atoms with Crippen LogP contribution in [-0.4, -0.2) is 46.4 Å². The van der Waals surface area contributed by atoms with Crippen molar-refractivity contribution in [2.45, 2.75) is 38.8 Å². The van der Waals surface area contributed by atoms with Gasteiger partial charge < -0.3 is 18.5 Å². The van der Waals surface area contributed by atoms with Crippen molar-refractivity contribution in [3.63, 3.8) is 0 Å². The molecule has 0 atom stereocenters. The van der Waals surface area contributed by atoms with Crippen LogP contribution in [0.4, 0.5) is 0 Å². The Bertz CT molecular complexity index is 339. The molecule has 20 heavy (non-hydrogen) atoms. The highest BCUT2D eigenvalue weighted by Crippen LogP contribution is 2.27. The first kappa shape index (κ1) is 15.6. The molecule has 5 heteroatoms. The van der Waals surface area contributed by atoms with E-state index >= 15 is 0 Å². The molecule has 0 aliphatic carbocycles. The molecule has 0 aromatic carbocycles. The lowest BCUT2D eigenvalue weighted by Gasteiger charge is -2.35. The Hall–Kier alpha value is -0.783. The molecule has 0 unspecified atom stereocenters. The Morgan fingerprint density at radius 1 is 1.15 bits per heavy atom. The number of hydrogen-bond donors (Lipinski definition) is 0. The fraction of sp³-hybridized carbons (Fsp3) is 0.733. The minimum absolute atomic E-state index is 0.693. The van der Waals surface area contributed by atoms with Crippen molar-refractivity contribution in [2.24, 2.45) is 0 Å². The molecule has 0 bridgehead atoms. The predicted octanol–water partition coefficient (Wildman–Crippen LogP) is 3.03. The Balaban J connectivity index is 1.93. The molecule has 0 aromatic rings. The third-order valence-corrected chi connectivity index (χ3v) is 7.66. The van der Waals surface area contributed by atoms with E-state index in [1.807, 2.05) is 6.08 Å². The van der Waals surface area contributed by atoms with Gasteiger partial charge in [-0.2, -0.15) is 0 Å². The molecule has 2 heterocycles. The largest absolute Gasteiger partial charge is 0.475 e. The first-order chi connectivity index (χ1) is 9.79. The van der Waals surface area contributed by atoms with Gasteiger partial charge >= 0.3 is 8.56 Å². The smallest absolute Gasteiger partial charge is 0.338 e. The fourth-order valence-electron chi connectivity index (χ4n) is 2.98. The van der Waals surface area contributed by atoms with Crippen molar-refractivity contribution in [1.82, 2.24) is 4.90 Å². The van der Waals surface area contributed by atoms with E-state index < -0.39 is 8.56 Å². The SMILES string of the molecule is CCO[Si]1(OCC)CCCN(C2=CC=CCO2)CCC1. The highest BCUT2D eigenvalue weighted by atomic mass is 28.4. The van der Waals surface area contributed by atoms with Gasteiger partial charge in [-0.05, 0) is 50.9 Å². The van der Waals surface area contributed by atoms with Gasteiger partial charge in [-0.3, -0.25) is 0 Å². The molecule has 2 rings (SSSR count). The van der Waals surface area contributed by atoms with Gasteiger partial charge in [0, 0.05) is 26.3 Å². The second kappa shape index (κ2) is 7.86. The summed E-state index contributed by atoms with van der Waals surface area (Å²) in [6, 6.07) is 2.18. The molecule has 114 valence electrons. The van der Waals surface area contributed by atoms with Gasteiger partial charge in [-0.25, -0.2) is 0 Å². The average molecular weight is 297 g/mol. The topological polar surface area (TPSA) is 30.9 Å². The molecular formula is C15H27NO3Si. The standard InChI is InChI=1S/C15H27NO3Si/c1-3-18-20(19-4-2)13-7-10-16(11-8-14-20)15-9-5-6-12-17-15/h5-6,9H,3-4,7-8,10-14H2,1-2H3. The molecule has 1 fully saturated rings. The van der Waals surface area contributed by atoms with Crippen LogP contribution in [0.1, 0.15) is 26.7 Å². The molecule has 1 saturated heterocycles. The summed E-state index contributed by atoms with van der Waals surface area (Å²) in [4.78, 5) is 2.36. The van der Waals surface area contributed by atoms with Crippen molar-refractivity contribution in [1.29, 1.82) is 0 Å². The minimum Gasteiger partial charge on any atom is -0.475 e. The second-order valence-electron chi connectivity index (χ2n) is 5.21. The maximum Gasteiger partial charge on any atom is 0.338 e. The molecule has 0 N–H and O–H groups in total. The zero-order valence-corrected chi connectivity index (χ0v) is 13.8. The third-order valence-electron chi connectivity index (χ3n) is 3.80. The first-order valence-corrected chi connectivity index (χ1v) is 10.1. The van der Waals surface area contributed by atoms with Crippen LogP contribution in [-0.2, 0) is 13.6 Å². The van der Waals surface area contributed by atoms with Crippen molar-refractivity contribution in [2.75, 3.05) is 32.9 Å². The van der Waals surface area contributed by atoms with E-state index in [1.54, 1.807) is 0 Å². The summed E-state index contributed by atoms with van der Waals surface area (Å²) in [6.45, 7) is 8.46. The van der Waals surface area contributed by atoms with E-state index in [-0.39, 0.29) is 0 Å². The van der Waals surface area contributed by atoms with E-state index in [4.69, 9.17) is 13.6 Å². The Kier molecular flexibility index (Phi) is 6.13. The number of allylic oxidation sites excluding steroid dienone is 2. The summed E-state index contributed by atoms with van der Waals surface area (Å²) in [5.74, 6) is 1.02. The van der Waals surface area contributed by atoms with E-state index in [0.29, 0.717) is 6.61 Å². The van der Waals surface area contributed by atoms with Gasteiger partial charge in [-0.15, -0.1) is 0 Å². The van der Waals surface area contributed by atoms with E-state index in [1.165, 1.54) is 0 Å². The summed E-state index contributed by atoms with van der Waals surface area (Å²) >= 11 is 0. The minimum atomic E-state index is -1.95. The van der Waals surface area contributed by atoms with Crippen LogP contribution in [0.25, 0.3) is 0 Å². The van der Waals surface area contributed by atoms with Gasteiger partial charge in [0.05, 0.1) is 0 Å². The van der Waals surface area contributed by atoms with Crippen LogP contribution in [0.3, 0.4) is 0 Å². The Morgan fingerprint density at radius 2 is 1.80 bits per heavy atom. The Morgan fingerprint density at radius 3 is 2.30 bits per heavy atom. The van der Waals surface area contributed by atoms with E-state index in [2.05, 4.69) is 30.9 Å². The maximum atomic E-state index is 6.07. The highest BCUT2D eigenvalue weighted by molar-refractivity contribution is 6.67. The van der Waals surface area contributed by atoms with Gasteiger partial charge in [0.2, 0.25) is 0 Å². The number of ether oxygens (including phenoxy) is 1.